The molecule has 1 aromatic carbocycles. The number of hydrogen-bond acceptors (Lipinski definition) is 2. The van der Waals surface area contributed by atoms with E-state index in [2.05, 4.69) is 24.3 Å². The summed E-state index contributed by atoms with van der Waals surface area (Å²) in [6, 6.07) is 10.6. The van der Waals surface area contributed by atoms with Gasteiger partial charge in [0.2, 0.25) is 5.91 Å². The van der Waals surface area contributed by atoms with Gasteiger partial charge in [-0.3, -0.25) is 9.59 Å². The molecule has 0 unspecified atom stereocenters. The Morgan fingerprint density at radius 1 is 0.917 bits per heavy atom. The zero-order chi connectivity index (χ0) is 16.9. The van der Waals surface area contributed by atoms with E-state index in [0.29, 0.717) is 18.8 Å². The van der Waals surface area contributed by atoms with Crippen LogP contribution in [0, 0.1) is 17.8 Å². The largest absolute Gasteiger partial charge is 0.481 e. The normalized spacial score (nSPS) is 25.4. The van der Waals surface area contributed by atoms with Crippen LogP contribution < -0.4 is 0 Å². The van der Waals surface area contributed by atoms with Crippen LogP contribution in [0.5, 0.6) is 0 Å². The van der Waals surface area contributed by atoms with Crippen molar-refractivity contribution in [1.82, 2.24) is 4.90 Å². The molecule has 2 fully saturated rings. The summed E-state index contributed by atoms with van der Waals surface area (Å²) < 4.78 is 0. The first-order valence-electron chi connectivity index (χ1n) is 9.19. The molecule has 1 amide bonds. The monoisotopic (exact) mass is 329 g/mol. The molecule has 1 saturated carbocycles. The van der Waals surface area contributed by atoms with Crippen LogP contribution in [0.3, 0.4) is 0 Å². The molecule has 0 aromatic heterocycles. The van der Waals surface area contributed by atoms with Gasteiger partial charge >= 0.3 is 5.97 Å². The van der Waals surface area contributed by atoms with Crippen molar-refractivity contribution < 1.29 is 14.7 Å². The van der Waals surface area contributed by atoms with Gasteiger partial charge in [-0.1, -0.05) is 30.3 Å². The second-order valence-electron chi connectivity index (χ2n) is 7.35. The summed E-state index contributed by atoms with van der Waals surface area (Å²) >= 11 is 0. The van der Waals surface area contributed by atoms with Gasteiger partial charge in [-0.05, 0) is 56.4 Å². The third kappa shape index (κ3) is 4.16. The lowest BCUT2D eigenvalue weighted by Gasteiger charge is -2.36. The maximum absolute atomic E-state index is 12.7. The second kappa shape index (κ2) is 7.82. The highest BCUT2D eigenvalue weighted by atomic mass is 16.4. The van der Waals surface area contributed by atoms with Crippen molar-refractivity contribution in [2.75, 3.05) is 13.1 Å². The molecule has 1 aromatic rings. The Hall–Kier alpha value is -1.84. The number of likely N-dealkylation sites (tertiary alicyclic amines) is 1. The maximum atomic E-state index is 12.7. The Labute approximate surface area is 143 Å². The highest BCUT2D eigenvalue weighted by molar-refractivity contribution is 5.79. The first kappa shape index (κ1) is 17.0. The molecule has 1 saturated heterocycles. The average Bonchev–Trinajstić information content (AvgIpc) is 2.63. The number of carboxylic acids is 1. The molecule has 1 heterocycles. The summed E-state index contributed by atoms with van der Waals surface area (Å²) in [5, 5.41) is 9.07. The Kier molecular flexibility index (Phi) is 5.54. The van der Waals surface area contributed by atoms with Crippen LogP contribution in [0.4, 0.5) is 0 Å². The van der Waals surface area contributed by atoms with Gasteiger partial charge in [0.1, 0.15) is 0 Å². The fourth-order valence-electron chi connectivity index (χ4n) is 4.15. The third-order valence-corrected chi connectivity index (χ3v) is 5.72. The molecule has 4 nitrogen and oxygen atoms in total. The van der Waals surface area contributed by atoms with E-state index >= 15 is 0 Å². The molecular formula is C20H27NO3. The van der Waals surface area contributed by atoms with Crippen LogP contribution in [-0.4, -0.2) is 35.0 Å². The summed E-state index contributed by atoms with van der Waals surface area (Å²) in [6.07, 6.45) is 6.02. The predicted molar refractivity (Wildman–Crippen MR) is 92.5 cm³/mol. The predicted octanol–water partition coefficient (Wildman–Crippen LogP) is 3.36. The van der Waals surface area contributed by atoms with E-state index in [4.69, 9.17) is 5.11 Å². The minimum absolute atomic E-state index is 0.0475. The number of hydrogen-bond donors (Lipinski definition) is 1. The number of benzene rings is 1. The number of carboxylic acid groups (broad SMARTS) is 1. The summed E-state index contributed by atoms with van der Waals surface area (Å²) in [6.45, 7) is 1.71. The van der Waals surface area contributed by atoms with E-state index in [1.54, 1.807) is 0 Å². The van der Waals surface area contributed by atoms with Crippen molar-refractivity contribution >= 4 is 11.9 Å². The molecule has 1 aliphatic heterocycles. The molecule has 1 N–H and O–H groups in total. The fourth-order valence-corrected chi connectivity index (χ4v) is 4.15. The SMILES string of the molecule is O=C(O)C1CCC(C(=O)N2CCC(Cc3ccccc3)CC2)CC1. The number of carbonyl (C=O) groups is 2. The van der Waals surface area contributed by atoms with Crippen LogP contribution in [0.25, 0.3) is 0 Å². The smallest absolute Gasteiger partial charge is 0.306 e. The van der Waals surface area contributed by atoms with E-state index in [1.165, 1.54) is 5.56 Å². The van der Waals surface area contributed by atoms with Crippen LogP contribution in [0.1, 0.15) is 44.1 Å². The summed E-state index contributed by atoms with van der Waals surface area (Å²) in [5.74, 6) is 0.0238. The molecule has 0 radical (unpaired) electrons. The molecule has 0 spiro atoms. The van der Waals surface area contributed by atoms with Crippen LogP contribution in [0.15, 0.2) is 30.3 Å². The van der Waals surface area contributed by atoms with Crippen molar-refractivity contribution in [3.8, 4) is 0 Å². The van der Waals surface area contributed by atoms with Crippen molar-refractivity contribution in [2.45, 2.75) is 44.9 Å². The second-order valence-corrected chi connectivity index (χ2v) is 7.35. The Morgan fingerprint density at radius 2 is 1.50 bits per heavy atom. The molecule has 0 atom stereocenters. The number of rotatable bonds is 4. The molecule has 130 valence electrons. The zero-order valence-electron chi connectivity index (χ0n) is 14.2. The number of nitrogens with zero attached hydrogens (tertiary/aromatic N) is 1. The molecule has 1 aliphatic carbocycles. The first-order valence-corrected chi connectivity index (χ1v) is 9.19. The molecule has 2 aliphatic rings. The van der Waals surface area contributed by atoms with Gasteiger partial charge in [0, 0.05) is 19.0 Å². The summed E-state index contributed by atoms with van der Waals surface area (Å²) in [7, 11) is 0. The third-order valence-electron chi connectivity index (χ3n) is 5.72. The lowest BCUT2D eigenvalue weighted by atomic mass is 9.81. The number of piperidine rings is 1. The molecule has 3 rings (SSSR count). The average molecular weight is 329 g/mol. The van der Waals surface area contributed by atoms with E-state index in [-0.39, 0.29) is 17.7 Å². The Balaban J connectivity index is 1.45. The number of amides is 1. The van der Waals surface area contributed by atoms with Gasteiger partial charge in [0.25, 0.3) is 0 Å². The van der Waals surface area contributed by atoms with Crippen molar-refractivity contribution in [2.24, 2.45) is 17.8 Å². The van der Waals surface area contributed by atoms with Crippen LogP contribution in [-0.2, 0) is 16.0 Å². The molecule has 0 bridgehead atoms. The summed E-state index contributed by atoms with van der Waals surface area (Å²) in [5.41, 5.74) is 1.38. The Bertz CT molecular complexity index is 556. The van der Waals surface area contributed by atoms with Gasteiger partial charge in [0.05, 0.1) is 5.92 Å². The van der Waals surface area contributed by atoms with Gasteiger partial charge in [-0.25, -0.2) is 0 Å². The number of aliphatic carboxylic acids is 1. The van der Waals surface area contributed by atoms with Gasteiger partial charge in [-0.2, -0.15) is 0 Å². The van der Waals surface area contributed by atoms with E-state index in [9.17, 15) is 9.59 Å². The lowest BCUT2D eigenvalue weighted by Crippen LogP contribution is -2.43. The minimum Gasteiger partial charge on any atom is -0.481 e. The fraction of sp³-hybridized carbons (Fsp3) is 0.600. The topological polar surface area (TPSA) is 57.6 Å². The minimum atomic E-state index is -0.706. The van der Waals surface area contributed by atoms with Crippen molar-refractivity contribution in [3.05, 3.63) is 35.9 Å². The molecule has 4 heteroatoms. The van der Waals surface area contributed by atoms with E-state index in [0.717, 1.165) is 45.2 Å². The zero-order valence-corrected chi connectivity index (χ0v) is 14.2. The number of carbonyl (C=O) groups excluding carboxylic acids is 1. The Morgan fingerprint density at radius 3 is 2.08 bits per heavy atom. The molecular weight excluding hydrogens is 302 g/mol. The van der Waals surface area contributed by atoms with Crippen molar-refractivity contribution in [1.29, 1.82) is 0 Å². The first-order chi connectivity index (χ1) is 11.6. The molecule has 24 heavy (non-hydrogen) atoms. The highest BCUT2D eigenvalue weighted by Gasteiger charge is 2.33. The van der Waals surface area contributed by atoms with Crippen LogP contribution in [0.2, 0.25) is 0 Å². The van der Waals surface area contributed by atoms with Gasteiger partial charge < -0.3 is 10.0 Å². The highest BCUT2D eigenvalue weighted by Crippen LogP contribution is 2.31. The van der Waals surface area contributed by atoms with Gasteiger partial charge in [0.15, 0.2) is 0 Å². The quantitative estimate of drug-likeness (QED) is 0.921. The summed E-state index contributed by atoms with van der Waals surface area (Å²) in [4.78, 5) is 25.7. The van der Waals surface area contributed by atoms with E-state index < -0.39 is 5.97 Å². The van der Waals surface area contributed by atoms with Crippen LogP contribution >= 0.6 is 0 Å². The van der Waals surface area contributed by atoms with E-state index in [1.807, 2.05) is 11.0 Å². The lowest BCUT2D eigenvalue weighted by molar-refractivity contribution is -0.146. The van der Waals surface area contributed by atoms with Crippen molar-refractivity contribution in [3.63, 3.8) is 0 Å². The van der Waals surface area contributed by atoms with Gasteiger partial charge in [-0.15, -0.1) is 0 Å². The maximum Gasteiger partial charge on any atom is 0.306 e. The standard InChI is InChI=1S/C20H27NO3/c22-19(17-6-8-18(9-7-17)20(23)24)21-12-10-16(11-13-21)14-15-4-2-1-3-5-15/h1-5,16-18H,6-14H2,(H,23,24).